The van der Waals surface area contributed by atoms with Gasteiger partial charge in [-0.15, -0.1) is 0 Å². The normalized spacial score (nSPS) is 11.3. The number of halogens is 1. The van der Waals surface area contributed by atoms with Gasteiger partial charge >= 0.3 is 5.97 Å². The average Bonchev–Trinajstić information content (AvgIpc) is 3.04. The minimum absolute atomic E-state index is 0.0724. The summed E-state index contributed by atoms with van der Waals surface area (Å²) in [6.45, 7) is 4.73. The van der Waals surface area contributed by atoms with E-state index in [2.05, 4.69) is 5.32 Å². The Bertz CT molecular complexity index is 1400. The van der Waals surface area contributed by atoms with Crippen LogP contribution < -0.4 is 5.32 Å². The topological polar surface area (TPSA) is 114 Å². The molecular formula is C34H41ClN2O8. The molecule has 0 atom stereocenters. The molecule has 0 fully saturated rings. The maximum Gasteiger partial charge on any atom is 0.306 e. The third-order valence-corrected chi connectivity index (χ3v) is 6.74. The van der Waals surface area contributed by atoms with Crippen LogP contribution >= 0.6 is 11.6 Å². The van der Waals surface area contributed by atoms with Crippen LogP contribution in [0.5, 0.6) is 0 Å². The number of carbonyl (C=O) groups excluding carboxylic acids is 2. The maximum atomic E-state index is 13.1. The molecule has 0 aliphatic heterocycles. The van der Waals surface area contributed by atoms with Gasteiger partial charge in [-0.25, -0.2) is 4.99 Å². The van der Waals surface area contributed by atoms with Crippen molar-refractivity contribution in [1.29, 1.82) is 0 Å². The first kappa shape index (κ1) is 35.7. The molecule has 242 valence electrons. The van der Waals surface area contributed by atoms with Crippen LogP contribution in [-0.2, 0) is 33.2 Å². The fourth-order valence-electron chi connectivity index (χ4n) is 4.08. The molecule has 3 rings (SSSR count). The first-order valence-electron chi connectivity index (χ1n) is 14.7. The average molecular weight is 641 g/mol. The number of ketones is 1. The number of aryl methyl sites for hydroxylation is 1. The summed E-state index contributed by atoms with van der Waals surface area (Å²) in [5, 5.41) is 3.66. The highest BCUT2D eigenvalue weighted by Crippen LogP contribution is 2.31. The number of benzene rings is 3. The van der Waals surface area contributed by atoms with Gasteiger partial charge in [-0.1, -0.05) is 48.0 Å². The predicted octanol–water partition coefficient (Wildman–Crippen LogP) is 6.32. The Balaban J connectivity index is 1.70. The van der Waals surface area contributed by atoms with E-state index in [1.165, 1.54) is 0 Å². The minimum atomic E-state index is -0.389. The van der Waals surface area contributed by atoms with Crippen molar-refractivity contribution in [2.24, 2.45) is 4.99 Å². The van der Waals surface area contributed by atoms with Gasteiger partial charge in [0, 0.05) is 37.5 Å². The van der Waals surface area contributed by atoms with Gasteiger partial charge in [0.25, 0.3) is 0 Å². The third kappa shape index (κ3) is 12.6. The molecular weight excluding hydrogens is 600 g/mol. The van der Waals surface area contributed by atoms with Crippen molar-refractivity contribution < 1.29 is 38.0 Å². The zero-order valence-corrected chi connectivity index (χ0v) is 26.8. The van der Waals surface area contributed by atoms with Gasteiger partial charge in [-0.3, -0.25) is 9.59 Å². The van der Waals surface area contributed by atoms with Gasteiger partial charge in [0.2, 0.25) is 0 Å². The van der Waals surface area contributed by atoms with Gasteiger partial charge in [0.1, 0.15) is 13.2 Å². The van der Waals surface area contributed by atoms with Crippen LogP contribution in [0.2, 0.25) is 5.02 Å². The zero-order chi connectivity index (χ0) is 32.3. The van der Waals surface area contributed by atoms with E-state index in [0.29, 0.717) is 72.1 Å². The van der Waals surface area contributed by atoms with Crippen molar-refractivity contribution in [3.63, 3.8) is 0 Å². The smallest absolute Gasteiger partial charge is 0.306 e. The van der Waals surface area contributed by atoms with Gasteiger partial charge in [-0.05, 0) is 42.8 Å². The van der Waals surface area contributed by atoms with Crippen molar-refractivity contribution in [2.45, 2.75) is 19.8 Å². The zero-order valence-electron chi connectivity index (χ0n) is 26.0. The second-order valence-electron chi connectivity index (χ2n) is 9.77. The highest BCUT2D eigenvalue weighted by atomic mass is 35.5. The van der Waals surface area contributed by atoms with E-state index in [1.807, 2.05) is 49.4 Å². The lowest BCUT2D eigenvalue weighted by Gasteiger charge is -2.14. The lowest BCUT2D eigenvalue weighted by molar-refractivity contribution is -0.145. The van der Waals surface area contributed by atoms with E-state index >= 15 is 0 Å². The van der Waals surface area contributed by atoms with Gasteiger partial charge < -0.3 is 33.7 Å². The van der Waals surface area contributed by atoms with Crippen molar-refractivity contribution in [3.8, 4) is 0 Å². The van der Waals surface area contributed by atoms with E-state index in [0.717, 1.165) is 5.56 Å². The Morgan fingerprint density at radius 3 is 2.07 bits per heavy atom. The number of ether oxygens (including phenoxy) is 6. The van der Waals surface area contributed by atoms with E-state index < -0.39 is 0 Å². The number of anilines is 2. The molecule has 0 radical (unpaired) electrons. The number of rotatable bonds is 20. The Hall–Kier alpha value is -3.80. The molecule has 3 aromatic rings. The van der Waals surface area contributed by atoms with Crippen LogP contribution in [0.4, 0.5) is 17.1 Å². The molecule has 0 saturated heterocycles. The first-order chi connectivity index (χ1) is 21.9. The first-order valence-corrected chi connectivity index (χ1v) is 15.1. The fourth-order valence-corrected chi connectivity index (χ4v) is 4.35. The molecule has 0 aliphatic rings. The number of nitrogens with one attached hydrogen (secondary N) is 1. The molecule has 0 aliphatic carbocycles. The van der Waals surface area contributed by atoms with Crippen molar-refractivity contribution >= 4 is 46.3 Å². The SMILES string of the molecule is COCCOCCOC(=O)CCC(=Nc1ccccc1Nc1ccc(C(=O)c2ccccc2C)c(Cl)c1)OCCOCCOC. The number of esters is 1. The number of methoxy groups -OCH3 is 2. The Kier molecular flexibility index (Phi) is 16.1. The lowest BCUT2D eigenvalue weighted by atomic mass is 9.99. The molecule has 10 nitrogen and oxygen atoms in total. The molecule has 0 spiro atoms. The van der Waals surface area contributed by atoms with Crippen molar-refractivity contribution in [2.75, 3.05) is 72.4 Å². The summed E-state index contributed by atoms with van der Waals surface area (Å²) in [4.78, 5) is 30.2. The van der Waals surface area contributed by atoms with Crippen LogP contribution in [0.1, 0.15) is 34.3 Å². The Labute approximate surface area is 269 Å². The molecule has 0 unspecified atom stereocenters. The largest absolute Gasteiger partial charge is 0.478 e. The predicted molar refractivity (Wildman–Crippen MR) is 174 cm³/mol. The molecule has 0 bridgehead atoms. The van der Waals surface area contributed by atoms with Crippen molar-refractivity contribution in [1.82, 2.24) is 0 Å². The molecule has 0 amide bonds. The highest BCUT2D eigenvalue weighted by Gasteiger charge is 2.16. The van der Waals surface area contributed by atoms with E-state index in [9.17, 15) is 9.59 Å². The standard InChI is InChI=1S/C34H41ClN2O8/c1-25-8-4-5-9-27(25)34(39)28-13-12-26(24-29(28)35)36-30-10-6-7-11-31(30)37-32(44-22-20-42-18-16-40-2)14-15-33(38)45-23-21-43-19-17-41-3/h4-13,24,36H,14-23H2,1-3H3. The second kappa shape index (κ2) is 20.3. The van der Waals surface area contributed by atoms with Gasteiger partial charge in [0.05, 0.1) is 62.5 Å². The quantitative estimate of drug-likeness (QED) is 0.0498. The minimum Gasteiger partial charge on any atom is -0.478 e. The number of carbonyl (C=O) groups is 2. The van der Waals surface area contributed by atoms with E-state index in [1.54, 1.807) is 38.5 Å². The third-order valence-electron chi connectivity index (χ3n) is 6.43. The molecule has 0 saturated carbocycles. The summed E-state index contributed by atoms with van der Waals surface area (Å²) in [5.74, 6) is -0.177. The summed E-state index contributed by atoms with van der Waals surface area (Å²) >= 11 is 6.57. The number of para-hydroxylation sites is 2. The summed E-state index contributed by atoms with van der Waals surface area (Å²) in [6.07, 6.45) is 0.292. The molecule has 0 heterocycles. The molecule has 45 heavy (non-hydrogen) atoms. The van der Waals surface area contributed by atoms with Crippen molar-refractivity contribution in [3.05, 3.63) is 88.4 Å². The molecule has 11 heteroatoms. The van der Waals surface area contributed by atoms with E-state index in [-0.39, 0.29) is 44.4 Å². The summed E-state index contributed by atoms with van der Waals surface area (Å²) < 4.78 is 31.9. The Morgan fingerprint density at radius 2 is 1.38 bits per heavy atom. The number of hydrogen-bond donors (Lipinski definition) is 1. The van der Waals surface area contributed by atoms with Gasteiger partial charge in [-0.2, -0.15) is 0 Å². The molecule has 3 aromatic carbocycles. The second-order valence-corrected chi connectivity index (χ2v) is 10.2. The summed E-state index contributed by atoms with van der Waals surface area (Å²) in [5.41, 5.74) is 3.85. The highest BCUT2D eigenvalue weighted by molar-refractivity contribution is 6.35. The van der Waals surface area contributed by atoms with Crippen LogP contribution in [0, 0.1) is 6.92 Å². The van der Waals surface area contributed by atoms with Crippen LogP contribution in [-0.4, -0.2) is 84.7 Å². The van der Waals surface area contributed by atoms with Crippen LogP contribution in [0.3, 0.4) is 0 Å². The van der Waals surface area contributed by atoms with Gasteiger partial charge in [0.15, 0.2) is 11.7 Å². The van der Waals surface area contributed by atoms with Crippen LogP contribution in [0.15, 0.2) is 71.7 Å². The molecule has 1 N–H and O–H groups in total. The number of nitrogens with zero attached hydrogens (tertiary/aromatic N) is 1. The number of aliphatic imine (C=N–C) groups is 1. The maximum absolute atomic E-state index is 13.1. The van der Waals surface area contributed by atoms with E-state index in [4.69, 9.17) is 45.0 Å². The molecule has 0 aromatic heterocycles. The lowest BCUT2D eigenvalue weighted by Crippen LogP contribution is -2.16. The summed E-state index contributed by atoms with van der Waals surface area (Å²) in [7, 11) is 3.20. The monoisotopic (exact) mass is 640 g/mol. The Morgan fingerprint density at radius 1 is 0.733 bits per heavy atom. The fraction of sp³-hybridized carbons (Fsp3) is 0.382. The summed E-state index contributed by atoms with van der Waals surface area (Å²) in [6, 6.07) is 20.0. The number of hydrogen-bond acceptors (Lipinski definition) is 10. The van der Waals surface area contributed by atoms with Crippen LogP contribution in [0.25, 0.3) is 0 Å².